The molecule has 3 heteroatoms. The zero-order chi connectivity index (χ0) is 10.8. The second-order valence-electron chi connectivity index (χ2n) is 3.54. The lowest BCUT2D eigenvalue weighted by Gasteiger charge is -2.01. The van der Waals surface area contributed by atoms with Crippen molar-refractivity contribution in [2.45, 2.75) is 0 Å². The quantitative estimate of drug-likeness (QED) is 0.615. The summed E-state index contributed by atoms with van der Waals surface area (Å²) in [6, 6.07) is 10.1. The van der Waals surface area contributed by atoms with E-state index in [0.29, 0.717) is 0 Å². The second-order valence-corrected chi connectivity index (χ2v) is 3.54. The second kappa shape index (κ2) is 3.70. The van der Waals surface area contributed by atoms with E-state index in [2.05, 4.69) is 27.1 Å². The van der Waals surface area contributed by atoms with Crippen LogP contribution in [-0.2, 0) is 0 Å². The van der Waals surface area contributed by atoms with Crippen LogP contribution >= 0.6 is 0 Å². The summed E-state index contributed by atoms with van der Waals surface area (Å²) >= 11 is 0. The van der Waals surface area contributed by atoms with Gasteiger partial charge in [0.1, 0.15) is 6.33 Å². The third-order valence-electron chi connectivity index (χ3n) is 2.48. The Balaban J connectivity index is 2.19. The van der Waals surface area contributed by atoms with Crippen molar-refractivity contribution in [3.63, 3.8) is 0 Å². The fourth-order valence-electron chi connectivity index (χ4n) is 1.68. The highest BCUT2D eigenvalue weighted by atomic mass is 14.8. The van der Waals surface area contributed by atoms with Crippen LogP contribution in [0.4, 0.5) is 0 Å². The first-order chi connectivity index (χ1) is 7.93. The largest absolute Gasteiger partial charge is 0.256 e. The van der Waals surface area contributed by atoms with Gasteiger partial charge in [-0.3, -0.25) is 4.98 Å². The molecule has 76 valence electrons. The van der Waals surface area contributed by atoms with Crippen LogP contribution in [0.3, 0.4) is 0 Å². The Hall–Kier alpha value is -2.29. The molecule has 3 aromatic rings. The Morgan fingerprint density at radius 2 is 1.62 bits per heavy atom. The third kappa shape index (κ3) is 1.52. The van der Waals surface area contributed by atoms with Gasteiger partial charge in [0.25, 0.3) is 0 Å². The Bertz CT molecular complexity index is 620. The summed E-state index contributed by atoms with van der Waals surface area (Å²) in [6.45, 7) is 0. The Morgan fingerprint density at radius 1 is 0.812 bits per heavy atom. The van der Waals surface area contributed by atoms with Crippen LogP contribution in [0.2, 0.25) is 0 Å². The fourth-order valence-corrected chi connectivity index (χ4v) is 1.68. The zero-order valence-corrected chi connectivity index (χ0v) is 8.54. The summed E-state index contributed by atoms with van der Waals surface area (Å²) in [5.41, 5.74) is 3.03. The number of hydrogen-bond acceptors (Lipinski definition) is 3. The van der Waals surface area contributed by atoms with E-state index in [4.69, 9.17) is 0 Å². The van der Waals surface area contributed by atoms with Crippen LogP contribution < -0.4 is 0 Å². The van der Waals surface area contributed by atoms with Gasteiger partial charge in [-0.25, -0.2) is 9.97 Å². The van der Waals surface area contributed by atoms with Crippen molar-refractivity contribution in [3.05, 3.63) is 55.2 Å². The summed E-state index contributed by atoms with van der Waals surface area (Å²) < 4.78 is 0. The van der Waals surface area contributed by atoms with Gasteiger partial charge in [-0.05, 0) is 12.1 Å². The normalized spacial score (nSPS) is 10.5. The fraction of sp³-hybridized carbons (Fsp3) is 0. The number of nitrogens with zero attached hydrogens (tertiary/aromatic N) is 3. The highest BCUT2D eigenvalue weighted by molar-refractivity contribution is 5.83. The molecule has 16 heavy (non-hydrogen) atoms. The lowest BCUT2D eigenvalue weighted by atomic mass is 10.1. The van der Waals surface area contributed by atoms with E-state index in [1.54, 1.807) is 12.4 Å². The van der Waals surface area contributed by atoms with Gasteiger partial charge >= 0.3 is 0 Å². The van der Waals surface area contributed by atoms with Gasteiger partial charge in [0.2, 0.25) is 0 Å². The lowest BCUT2D eigenvalue weighted by Crippen LogP contribution is -1.84. The molecule has 0 spiro atoms. The number of fused-ring (bicyclic) bond motifs is 1. The Morgan fingerprint density at radius 3 is 2.50 bits per heavy atom. The predicted molar refractivity (Wildman–Crippen MR) is 62.8 cm³/mol. The molecule has 0 fully saturated rings. The van der Waals surface area contributed by atoms with Crippen molar-refractivity contribution >= 4 is 10.9 Å². The maximum atomic E-state index is 4.40. The van der Waals surface area contributed by atoms with Crippen LogP contribution in [-0.4, -0.2) is 15.0 Å². The number of hydrogen-bond donors (Lipinski definition) is 0. The number of pyridine rings is 1. The van der Waals surface area contributed by atoms with E-state index in [9.17, 15) is 0 Å². The van der Waals surface area contributed by atoms with Crippen LogP contribution in [0.15, 0.2) is 55.2 Å². The summed E-state index contributed by atoms with van der Waals surface area (Å²) in [7, 11) is 0. The Kier molecular flexibility index (Phi) is 2.07. The average Bonchev–Trinajstić information content (AvgIpc) is 2.39. The van der Waals surface area contributed by atoms with E-state index in [1.165, 1.54) is 6.33 Å². The molecule has 0 aliphatic rings. The minimum Gasteiger partial charge on any atom is -0.256 e. The maximum absolute atomic E-state index is 4.40. The van der Waals surface area contributed by atoms with Crippen molar-refractivity contribution in [1.29, 1.82) is 0 Å². The van der Waals surface area contributed by atoms with Crippen molar-refractivity contribution in [2.75, 3.05) is 0 Å². The minimum atomic E-state index is 0.987. The number of benzene rings is 1. The SMILES string of the molecule is c1ccc2ncc(-c3cncnc3)cc2c1. The lowest BCUT2D eigenvalue weighted by molar-refractivity contribution is 1.17. The molecule has 0 saturated heterocycles. The van der Waals surface area contributed by atoms with Crippen molar-refractivity contribution in [2.24, 2.45) is 0 Å². The zero-order valence-electron chi connectivity index (χ0n) is 8.54. The van der Waals surface area contributed by atoms with Gasteiger partial charge in [-0.15, -0.1) is 0 Å². The summed E-state index contributed by atoms with van der Waals surface area (Å²) in [5.74, 6) is 0. The van der Waals surface area contributed by atoms with E-state index in [-0.39, 0.29) is 0 Å². The molecule has 1 aromatic carbocycles. The van der Waals surface area contributed by atoms with Crippen molar-refractivity contribution in [1.82, 2.24) is 15.0 Å². The molecule has 0 amide bonds. The van der Waals surface area contributed by atoms with Gasteiger partial charge in [-0.2, -0.15) is 0 Å². The minimum absolute atomic E-state index is 0.987. The number of para-hydroxylation sites is 1. The molecule has 3 rings (SSSR count). The molecule has 2 aromatic heterocycles. The standard InChI is InChI=1S/C13H9N3/c1-2-4-13-10(3-1)5-11(8-16-13)12-6-14-9-15-7-12/h1-9H. The summed E-state index contributed by atoms with van der Waals surface area (Å²) in [5, 5.41) is 1.13. The third-order valence-corrected chi connectivity index (χ3v) is 2.48. The maximum Gasteiger partial charge on any atom is 0.115 e. The number of rotatable bonds is 1. The Labute approximate surface area is 92.8 Å². The van der Waals surface area contributed by atoms with Gasteiger partial charge in [0, 0.05) is 35.1 Å². The van der Waals surface area contributed by atoms with Crippen molar-refractivity contribution < 1.29 is 0 Å². The predicted octanol–water partition coefficient (Wildman–Crippen LogP) is 2.69. The van der Waals surface area contributed by atoms with E-state index < -0.39 is 0 Å². The molecule has 0 unspecified atom stereocenters. The molecule has 3 nitrogen and oxygen atoms in total. The first-order valence-electron chi connectivity index (χ1n) is 5.04. The molecule has 0 N–H and O–H groups in total. The van der Waals surface area contributed by atoms with Crippen molar-refractivity contribution in [3.8, 4) is 11.1 Å². The highest BCUT2D eigenvalue weighted by Gasteiger charge is 2.00. The molecule has 0 aliphatic carbocycles. The van der Waals surface area contributed by atoms with E-state index in [1.807, 2.05) is 24.4 Å². The molecule has 2 heterocycles. The topological polar surface area (TPSA) is 38.7 Å². The smallest absolute Gasteiger partial charge is 0.115 e. The molecule has 0 saturated carbocycles. The van der Waals surface area contributed by atoms with Crippen LogP contribution in [0.25, 0.3) is 22.0 Å². The molecule has 0 aliphatic heterocycles. The molecule has 0 radical (unpaired) electrons. The van der Waals surface area contributed by atoms with Gasteiger partial charge < -0.3 is 0 Å². The average molecular weight is 207 g/mol. The van der Waals surface area contributed by atoms with E-state index >= 15 is 0 Å². The van der Waals surface area contributed by atoms with E-state index in [0.717, 1.165) is 22.0 Å². The molecule has 0 bridgehead atoms. The summed E-state index contributed by atoms with van der Waals surface area (Å²) in [6.07, 6.45) is 6.95. The molecular formula is C13H9N3. The first-order valence-corrected chi connectivity index (χ1v) is 5.04. The molecular weight excluding hydrogens is 198 g/mol. The van der Waals surface area contributed by atoms with Crippen LogP contribution in [0.1, 0.15) is 0 Å². The monoisotopic (exact) mass is 207 g/mol. The van der Waals surface area contributed by atoms with Crippen LogP contribution in [0.5, 0.6) is 0 Å². The number of aromatic nitrogens is 3. The highest BCUT2D eigenvalue weighted by Crippen LogP contribution is 2.20. The van der Waals surface area contributed by atoms with Gasteiger partial charge in [-0.1, -0.05) is 18.2 Å². The first kappa shape index (κ1) is 8.97. The van der Waals surface area contributed by atoms with Gasteiger partial charge in [0.15, 0.2) is 0 Å². The molecule has 0 atom stereocenters. The van der Waals surface area contributed by atoms with Crippen LogP contribution in [0, 0.1) is 0 Å². The van der Waals surface area contributed by atoms with Gasteiger partial charge in [0.05, 0.1) is 5.52 Å². The summed E-state index contributed by atoms with van der Waals surface area (Å²) in [4.78, 5) is 12.4.